The molecule has 6 heteroatoms. The summed E-state index contributed by atoms with van der Waals surface area (Å²) in [6.45, 7) is 1.85. The van der Waals surface area contributed by atoms with Gasteiger partial charge >= 0.3 is 0 Å². The van der Waals surface area contributed by atoms with E-state index >= 15 is 0 Å². The SMILES string of the molecule is NC1CCCN(c2n[nH]c(CSc3ccccc3)n2)C1. The number of anilines is 1. The molecule has 0 bridgehead atoms. The summed E-state index contributed by atoms with van der Waals surface area (Å²) in [4.78, 5) is 7.98. The van der Waals surface area contributed by atoms with Crippen LogP contribution in [0.15, 0.2) is 35.2 Å². The lowest BCUT2D eigenvalue weighted by molar-refractivity contribution is 0.500. The van der Waals surface area contributed by atoms with Crippen molar-refractivity contribution < 1.29 is 0 Å². The molecule has 1 fully saturated rings. The van der Waals surface area contributed by atoms with Crippen molar-refractivity contribution in [3.8, 4) is 0 Å². The lowest BCUT2D eigenvalue weighted by Gasteiger charge is -2.29. The fraction of sp³-hybridized carbons (Fsp3) is 0.429. The van der Waals surface area contributed by atoms with E-state index in [4.69, 9.17) is 5.73 Å². The number of nitrogens with one attached hydrogen (secondary N) is 1. The van der Waals surface area contributed by atoms with Gasteiger partial charge in [0.15, 0.2) is 0 Å². The Hall–Kier alpha value is -1.53. The Morgan fingerprint density at radius 3 is 3.00 bits per heavy atom. The summed E-state index contributed by atoms with van der Waals surface area (Å²) in [6, 6.07) is 10.6. The maximum atomic E-state index is 5.99. The van der Waals surface area contributed by atoms with Gasteiger partial charge in [0.2, 0.25) is 5.95 Å². The van der Waals surface area contributed by atoms with Crippen LogP contribution in [0.1, 0.15) is 18.7 Å². The van der Waals surface area contributed by atoms with Crippen molar-refractivity contribution in [1.29, 1.82) is 0 Å². The summed E-state index contributed by atoms with van der Waals surface area (Å²) in [5, 5.41) is 7.33. The lowest BCUT2D eigenvalue weighted by atomic mass is 10.1. The Morgan fingerprint density at radius 2 is 2.20 bits per heavy atom. The van der Waals surface area contributed by atoms with Gasteiger partial charge in [-0.05, 0) is 25.0 Å². The zero-order chi connectivity index (χ0) is 13.8. The summed E-state index contributed by atoms with van der Waals surface area (Å²) < 4.78 is 0. The van der Waals surface area contributed by atoms with Crippen LogP contribution >= 0.6 is 11.8 Å². The third kappa shape index (κ3) is 3.32. The zero-order valence-corrected chi connectivity index (χ0v) is 12.1. The van der Waals surface area contributed by atoms with E-state index in [1.54, 1.807) is 11.8 Å². The fourth-order valence-electron chi connectivity index (χ4n) is 2.35. The molecular formula is C14H19N5S. The van der Waals surface area contributed by atoms with Crippen molar-refractivity contribution >= 4 is 17.7 Å². The molecule has 1 atom stereocenters. The Morgan fingerprint density at radius 1 is 1.35 bits per heavy atom. The summed E-state index contributed by atoms with van der Waals surface area (Å²) >= 11 is 1.76. The molecule has 0 saturated carbocycles. The summed E-state index contributed by atoms with van der Waals surface area (Å²) in [5.74, 6) is 2.49. The highest BCUT2D eigenvalue weighted by atomic mass is 32.2. The molecule has 0 radical (unpaired) electrons. The average molecular weight is 289 g/mol. The van der Waals surface area contributed by atoms with Crippen LogP contribution in [0.4, 0.5) is 5.95 Å². The number of nitrogens with two attached hydrogens (primary N) is 1. The van der Waals surface area contributed by atoms with Gasteiger partial charge in [0.05, 0.1) is 5.75 Å². The van der Waals surface area contributed by atoms with Crippen LogP contribution < -0.4 is 10.6 Å². The minimum absolute atomic E-state index is 0.240. The van der Waals surface area contributed by atoms with E-state index in [-0.39, 0.29) is 6.04 Å². The molecule has 2 heterocycles. The molecule has 106 valence electrons. The van der Waals surface area contributed by atoms with Gasteiger partial charge in [-0.2, -0.15) is 4.98 Å². The van der Waals surface area contributed by atoms with Crippen molar-refractivity contribution in [1.82, 2.24) is 15.2 Å². The molecular weight excluding hydrogens is 270 g/mol. The number of benzene rings is 1. The first-order valence-corrected chi connectivity index (χ1v) is 7.89. The molecule has 1 aliphatic heterocycles. The second kappa shape index (κ2) is 6.28. The van der Waals surface area contributed by atoms with Gasteiger partial charge < -0.3 is 10.6 Å². The van der Waals surface area contributed by atoms with Crippen LogP contribution in [0.2, 0.25) is 0 Å². The highest BCUT2D eigenvalue weighted by Crippen LogP contribution is 2.22. The molecule has 3 rings (SSSR count). The maximum absolute atomic E-state index is 5.99. The van der Waals surface area contributed by atoms with Gasteiger partial charge in [-0.3, -0.25) is 5.10 Å². The fourth-order valence-corrected chi connectivity index (χ4v) is 3.13. The van der Waals surface area contributed by atoms with E-state index in [2.05, 4.69) is 32.2 Å². The number of aromatic nitrogens is 3. The van der Waals surface area contributed by atoms with E-state index in [1.165, 1.54) is 4.90 Å². The van der Waals surface area contributed by atoms with E-state index in [9.17, 15) is 0 Å². The number of hydrogen-bond acceptors (Lipinski definition) is 5. The molecule has 1 unspecified atom stereocenters. The smallest absolute Gasteiger partial charge is 0.244 e. The molecule has 1 aliphatic rings. The van der Waals surface area contributed by atoms with Gasteiger partial charge in [-0.25, -0.2) is 0 Å². The third-order valence-electron chi connectivity index (χ3n) is 3.38. The third-order valence-corrected chi connectivity index (χ3v) is 4.40. The molecule has 20 heavy (non-hydrogen) atoms. The molecule has 5 nitrogen and oxygen atoms in total. The van der Waals surface area contributed by atoms with Gasteiger partial charge in [-0.15, -0.1) is 16.9 Å². The van der Waals surface area contributed by atoms with E-state index in [0.717, 1.165) is 43.5 Å². The summed E-state index contributed by atoms with van der Waals surface area (Å²) in [6.07, 6.45) is 2.21. The minimum Gasteiger partial charge on any atom is -0.338 e. The predicted molar refractivity (Wildman–Crippen MR) is 81.8 cm³/mol. The maximum Gasteiger partial charge on any atom is 0.244 e. The molecule has 1 saturated heterocycles. The second-order valence-corrected chi connectivity index (χ2v) is 6.08. The first kappa shape index (κ1) is 13.5. The summed E-state index contributed by atoms with van der Waals surface area (Å²) in [7, 11) is 0. The zero-order valence-electron chi connectivity index (χ0n) is 11.3. The highest BCUT2D eigenvalue weighted by Gasteiger charge is 2.19. The molecule has 0 aliphatic carbocycles. The van der Waals surface area contributed by atoms with Gasteiger partial charge in [0.25, 0.3) is 0 Å². The molecule has 3 N–H and O–H groups in total. The molecule has 1 aromatic heterocycles. The Balaban J connectivity index is 1.59. The molecule has 1 aromatic carbocycles. The number of thioether (sulfide) groups is 1. The lowest BCUT2D eigenvalue weighted by Crippen LogP contribution is -2.43. The van der Waals surface area contributed by atoms with Gasteiger partial charge in [0, 0.05) is 24.0 Å². The van der Waals surface area contributed by atoms with Crippen molar-refractivity contribution in [2.45, 2.75) is 29.5 Å². The van der Waals surface area contributed by atoms with Crippen molar-refractivity contribution in [2.24, 2.45) is 5.73 Å². The van der Waals surface area contributed by atoms with E-state index in [0.29, 0.717) is 0 Å². The predicted octanol–water partition coefficient (Wildman–Crippen LogP) is 2.02. The number of H-pyrrole nitrogens is 1. The van der Waals surface area contributed by atoms with Crippen molar-refractivity contribution in [3.05, 3.63) is 36.2 Å². The largest absolute Gasteiger partial charge is 0.338 e. The number of rotatable bonds is 4. The van der Waals surface area contributed by atoms with Crippen LogP contribution in [0.3, 0.4) is 0 Å². The van der Waals surface area contributed by atoms with Crippen LogP contribution in [0.5, 0.6) is 0 Å². The number of hydrogen-bond donors (Lipinski definition) is 2. The first-order valence-electron chi connectivity index (χ1n) is 6.91. The number of nitrogens with zero attached hydrogens (tertiary/aromatic N) is 3. The van der Waals surface area contributed by atoms with Crippen molar-refractivity contribution in [2.75, 3.05) is 18.0 Å². The van der Waals surface area contributed by atoms with Crippen molar-refractivity contribution in [3.63, 3.8) is 0 Å². The quantitative estimate of drug-likeness (QED) is 0.843. The Kier molecular flexibility index (Phi) is 4.22. The normalized spacial score (nSPS) is 19.2. The molecule has 2 aromatic rings. The standard InChI is InChI=1S/C14H19N5S/c15-11-5-4-8-19(9-11)14-16-13(17-18-14)10-20-12-6-2-1-3-7-12/h1-3,6-7,11H,4-5,8-10,15H2,(H,16,17,18). The van der Waals surface area contributed by atoms with Crippen LogP contribution in [-0.2, 0) is 5.75 Å². The highest BCUT2D eigenvalue weighted by molar-refractivity contribution is 7.98. The monoisotopic (exact) mass is 289 g/mol. The Bertz CT molecular complexity index is 542. The van der Waals surface area contributed by atoms with Crippen LogP contribution in [0, 0.1) is 0 Å². The Labute approximate surface area is 123 Å². The number of piperidine rings is 1. The first-order chi connectivity index (χ1) is 9.81. The second-order valence-electron chi connectivity index (χ2n) is 5.03. The van der Waals surface area contributed by atoms with E-state index in [1.807, 2.05) is 18.2 Å². The van der Waals surface area contributed by atoms with Gasteiger partial charge in [0.1, 0.15) is 5.82 Å². The minimum atomic E-state index is 0.240. The van der Waals surface area contributed by atoms with Crippen LogP contribution in [0.25, 0.3) is 0 Å². The molecule has 0 spiro atoms. The summed E-state index contributed by atoms with van der Waals surface area (Å²) in [5.41, 5.74) is 5.99. The molecule has 0 amide bonds. The topological polar surface area (TPSA) is 70.8 Å². The number of aromatic amines is 1. The van der Waals surface area contributed by atoms with E-state index < -0.39 is 0 Å². The van der Waals surface area contributed by atoms with Gasteiger partial charge in [-0.1, -0.05) is 18.2 Å². The van der Waals surface area contributed by atoms with Crippen LogP contribution in [-0.4, -0.2) is 34.3 Å². The average Bonchev–Trinajstić information content (AvgIpc) is 2.95.